The highest BCUT2D eigenvalue weighted by Gasteiger charge is 2.33. The van der Waals surface area contributed by atoms with Crippen molar-refractivity contribution in [1.82, 2.24) is 0 Å². The Balaban J connectivity index is 1.79. The number of benzene rings is 2. The lowest BCUT2D eigenvalue weighted by atomic mass is 10.1. The van der Waals surface area contributed by atoms with Gasteiger partial charge in [-0.1, -0.05) is 24.3 Å². The summed E-state index contributed by atoms with van der Waals surface area (Å²) in [7, 11) is -3.37. The number of hydrogen-bond acceptors (Lipinski definition) is 4. The summed E-state index contributed by atoms with van der Waals surface area (Å²) >= 11 is 0. The Labute approximate surface area is 160 Å². The van der Waals surface area contributed by atoms with Crippen LogP contribution in [0.3, 0.4) is 0 Å². The van der Waals surface area contributed by atoms with E-state index in [1.165, 1.54) is 5.56 Å². The third-order valence-electron chi connectivity index (χ3n) is 4.73. The monoisotopic (exact) mass is 387 g/mol. The lowest BCUT2D eigenvalue weighted by molar-refractivity contribution is -0.119. The highest BCUT2D eigenvalue weighted by atomic mass is 32.2. The smallest absolute Gasteiger partial charge is 0.249 e. The first-order chi connectivity index (χ1) is 12.7. The fourth-order valence-electron chi connectivity index (χ4n) is 3.44. The lowest BCUT2D eigenvalue weighted by Crippen LogP contribution is -2.44. The second kappa shape index (κ2) is 7.23. The number of anilines is 3. The molecule has 3 rings (SSSR count). The van der Waals surface area contributed by atoms with Gasteiger partial charge in [-0.3, -0.25) is 9.52 Å². The zero-order valence-electron chi connectivity index (χ0n) is 16.0. The van der Waals surface area contributed by atoms with E-state index in [0.29, 0.717) is 11.4 Å². The Morgan fingerprint density at radius 2 is 1.93 bits per heavy atom. The number of hydrogen-bond donors (Lipinski definition) is 2. The largest absolute Gasteiger partial charge is 0.374 e. The van der Waals surface area contributed by atoms with E-state index in [1.54, 1.807) is 6.07 Å². The van der Waals surface area contributed by atoms with Gasteiger partial charge in [-0.05, 0) is 56.5 Å². The molecule has 0 spiro atoms. The summed E-state index contributed by atoms with van der Waals surface area (Å²) in [4.78, 5) is 14.9. The number of fused-ring (bicyclic) bond motifs is 1. The van der Waals surface area contributed by atoms with Gasteiger partial charge >= 0.3 is 0 Å². The number of aryl methyl sites for hydroxylation is 1. The van der Waals surface area contributed by atoms with E-state index in [-0.39, 0.29) is 11.9 Å². The first-order valence-electron chi connectivity index (χ1n) is 8.91. The fourth-order valence-corrected chi connectivity index (χ4v) is 4.06. The predicted octanol–water partition coefficient (Wildman–Crippen LogP) is 3.14. The van der Waals surface area contributed by atoms with Crippen LogP contribution in [0.2, 0.25) is 0 Å². The third kappa shape index (κ3) is 4.24. The van der Waals surface area contributed by atoms with Crippen LogP contribution in [0.15, 0.2) is 42.5 Å². The van der Waals surface area contributed by atoms with E-state index >= 15 is 0 Å². The minimum atomic E-state index is -3.37. The van der Waals surface area contributed by atoms with Crippen LogP contribution in [0.25, 0.3) is 0 Å². The summed E-state index contributed by atoms with van der Waals surface area (Å²) in [5.41, 5.74) is 4.15. The molecular formula is C20H25N3O3S. The molecule has 2 unspecified atom stereocenters. The number of para-hydroxylation sites is 1. The van der Waals surface area contributed by atoms with Crippen LogP contribution in [0.1, 0.15) is 25.0 Å². The molecule has 27 heavy (non-hydrogen) atoms. The van der Waals surface area contributed by atoms with E-state index in [2.05, 4.69) is 16.1 Å². The van der Waals surface area contributed by atoms with Crippen molar-refractivity contribution in [2.45, 2.75) is 39.3 Å². The Hall–Kier alpha value is -2.54. The van der Waals surface area contributed by atoms with E-state index < -0.39 is 16.1 Å². The van der Waals surface area contributed by atoms with Crippen LogP contribution < -0.4 is 14.9 Å². The molecule has 0 aromatic heterocycles. The summed E-state index contributed by atoms with van der Waals surface area (Å²) in [6.07, 6.45) is 1.96. The molecule has 1 aliphatic rings. The van der Waals surface area contributed by atoms with Gasteiger partial charge in [0.25, 0.3) is 0 Å². The molecule has 2 aromatic carbocycles. The number of amides is 1. The van der Waals surface area contributed by atoms with Gasteiger partial charge in [0.15, 0.2) is 0 Å². The van der Waals surface area contributed by atoms with Crippen molar-refractivity contribution in [2.24, 2.45) is 0 Å². The average molecular weight is 388 g/mol. The number of nitrogens with one attached hydrogen (secondary N) is 2. The van der Waals surface area contributed by atoms with Crippen molar-refractivity contribution >= 4 is 33.0 Å². The molecule has 1 aliphatic heterocycles. The number of sulfonamides is 1. The molecule has 144 valence electrons. The SMILES string of the molecule is Cc1ccc(NC(C)C(=O)N2c3ccccc3CC2C)cc1NS(C)(=O)=O. The summed E-state index contributed by atoms with van der Waals surface area (Å²) in [6, 6.07) is 13.0. The molecule has 2 N–H and O–H groups in total. The fraction of sp³-hybridized carbons (Fsp3) is 0.350. The third-order valence-corrected chi connectivity index (χ3v) is 5.32. The lowest BCUT2D eigenvalue weighted by Gasteiger charge is -2.27. The predicted molar refractivity (Wildman–Crippen MR) is 110 cm³/mol. The number of carbonyl (C=O) groups is 1. The van der Waals surface area contributed by atoms with Crippen molar-refractivity contribution in [2.75, 3.05) is 21.2 Å². The number of carbonyl (C=O) groups excluding carboxylic acids is 1. The minimum absolute atomic E-state index is 0.00866. The van der Waals surface area contributed by atoms with Crippen molar-refractivity contribution in [3.8, 4) is 0 Å². The second-order valence-corrected chi connectivity index (χ2v) is 8.91. The Morgan fingerprint density at radius 1 is 1.22 bits per heavy atom. The molecule has 2 atom stereocenters. The molecule has 2 aromatic rings. The van der Waals surface area contributed by atoms with Gasteiger partial charge in [0, 0.05) is 17.4 Å². The topological polar surface area (TPSA) is 78.5 Å². The van der Waals surface area contributed by atoms with Crippen LogP contribution in [-0.4, -0.2) is 32.7 Å². The molecule has 0 radical (unpaired) electrons. The molecule has 7 heteroatoms. The van der Waals surface area contributed by atoms with Crippen LogP contribution in [0.5, 0.6) is 0 Å². The van der Waals surface area contributed by atoms with Crippen molar-refractivity contribution in [3.63, 3.8) is 0 Å². The maximum absolute atomic E-state index is 13.1. The van der Waals surface area contributed by atoms with Gasteiger partial charge < -0.3 is 10.2 Å². The molecule has 6 nitrogen and oxygen atoms in total. The first kappa shape index (κ1) is 19.2. The molecule has 0 bridgehead atoms. The Kier molecular flexibility index (Phi) is 5.15. The van der Waals surface area contributed by atoms with Crippen LogP contribution >= 0.6 is 0 Å². The molecule has 0 saturated carbocycles. The van der Waals surface area contributed by atoms with E-state index in [0.717, 1.165) is 23.9 Å². The van der Waals surface area contributed by atoms with E-state index in [9.17, 15) is 13.2 Å². The van der Waals surface area contributed by atoms with Crippen LogP contribution in [0.4, 0.5) is 17.1 Å². The summed E-state index contributed by atoms with van der Waals surface area (Å²) in [5, 5.41) is 3.20. The quantitative estimate of drug-likeness (QED) is 0.826. The molecule has 1 amide bonds. The van der Waals surface area contributed by atoms with Gasteiger partial charge in [0.05, 0.1) is 11.9 Å². The normalized spacial score (nSPS) is 17.3. The standard InChI is InChI=1S/C20H25N3O3S/c1-13-9-10-17(12-18(13)22-27(4,25)26)21-15(3)20(24)23-14(2)11-16-7-5-6-8-19(16)23/h5-10,12,14-15,21-22H,11H2,1-4H3. The second-order valence-electron chi connectivity index (χ2n) is 7.16. The van der Waals surface area contributed by atoms with Gasteiger partial charge in [0.1, 0.15) is 6.04 Å². The Morgan fingerprint density at radius 3 is 2.63 bits per heavy atom. The van der Waals surface area contributed by atoms with Gasteiger partial charge in [0.2, 0.25) is 15.9 Å². The van der Waals surface area contributed by atoms with E-state index in [1.807, 2.05) is 56.0 Å². The molecular weight excluding hydrogens is 362 g/mol. The zero-order valence-corrected chi connectivity index (χ0v) is 16.8. The summed E-state index contributed by atoms with van der Waals surface area (Å²) in [6.45, 7) is 5.69. The van der Waals surface area contributed by atoms with Crippen molar-refractivity contribution in [1.29, 1.82) is 0 Å². The molecule has 0 fully saturated rings. The maximum atomic E-state index is 13.1. The van der Waals surface area contributed by atoms with Crippen molar-refractivity contribution < 1.29 is 13.2 Å². The van der Waals surface area contributed by atoms with Gasteiger partial charge in [-0.2, -0.15) is 0 Å². The highest BCUT2D eigenvalue weighted by molar-refractivity contribution is 7.92. The summed E-state index contributed by atoms with van der Waals surface area (Å²) < 4.78 is 25.6. The van der Waals surface area contributed by atoms with Gasteiger partial charge in [-0.15, -0.1) is 0 Å². The molecule has 0 saturated heterocycles. The van der Waals surface area contributed by atoms with E-state index in [4.69, 9.17) is 0 Å². The van der Waals surface area contributed by atoms with Crippen LogP contribution in [0, 0.1) is 6.92 Å². The first-order valence-corrected chi connectivity index (χ1v) is 10.8. The van der Waals surface area contributed by atoms with Gasteiger partial charge in [-0.25, -0.2) is 8.42 Å². The zero-order chi connectivity index (χ0) is 19.8. The van der Waals surface area contributed by atoms with Crippen LogP contribution in [-0.2, 0) is 21.2 Å². The highest BCUT2D eigenvalue weighted by Crippen LogP contribution is 2.32. The molecule has 1 heterocycles. The summed E-state index contributed by atoms with van der Waals surface area (Å²) in [5.74, 6) is -0.00866. The number of nitrogens with zero attached hydrogens (tertiary/aromatic N) is 1. The minimum Gasteiger partial charge on any atom is -0.374 e. The molecule has 0 aliphatic carbocycles. The average Bonchev–Trinajstić information content (AvgIpc) is 2.91. The van der Waals surface area contributed by atoms with Crippen molar-refractivity contribution in [3.05, 3.63) is 53.6 Å². The maximum Gasteiger partial charge on any atom is 0.249 e. The Bertz CT molecular complexity index is 972. The number of rotatable bonds is 5.